The average molecular weight is 1210 g/mol. The summed E-state index contributed by atoms with van der Waals surface area (Å²) in [6.07, 6.45) is 12.1. The third-order valence-electron chi connectivity index (χ3n) is 10.2. The zero-order chi connectivity index (χ0) is 39.7. The molecule has 4 aromatic rings. The van der Waals surface area contributed by atoms with Crippen LogP contribution < -0.4 is 18.9 Å². The van der Waals surface area contributed by atoms with Gasteiger partial charge in [-0.1, -0.05) is 37.1 Å². The molecule has 0 atom stereocenters. The molecule has 0 saturated heterocycles. The number of carbonyl (C=O) groups excluding carboxylic acids is 2. The van der Waals surface area contributed by atoms with Crippen molar-refractivity contribution >= 4 is 102 Å². The molecule has 0 amide bonds. The Hall–Kier alpha value is -2.06. The molecule has 2 aliphatic rings. The first kappa shape index (κ1) is 43.5. The summed E-state index contributed by atoms with van der Waals surface area (Å²) in [6, 6.07) is 24.0. The van der Waals surface area contributed by atoms with E-state index in [4.69, 9.17) is 28.4 Å². The van der Waals surface area contributed by atoms with Crippen LogP contribution in [0.3, 0.4) is 0 Å². The average Bonchev–Trinajstić information content (AvgIpc) is 3.17. The van der Waals surface area contributed by atoms with Crippen LogP contribution in [0.15, 0.2) is 72.8 Å². The Kier molecular flexibility index (Phi) is 15.8. The summed E-state index contributed by atoms with van der Waals surface area (Å²) in [4.78, 5) is 25.1. The van der Waals surface area contributed by atoms with Gasteiger partial charge in [-0.3, -0.25) is 0 Å². The Morgan fingerprint density at radius 3 is 1.18 bits per heavy atom. The normalized spacial score (nSPS) is 16.0. The predicted octanol–water partition coefficient (Wildman–Crippen LogP) is 12.8. The molecule has 8 nitrogen and oxygen atoms in total. The largest absolute Gasteiger partial charge is 0.481 e. The van der Waals surface area contributed by atoms with Crippen LogP contribution in [0.2, 0.25) is 0 Å². The van der Waals surface area contributed by atoms with Gasteiger partial charge in [-0.25, -0.2) is 9.59 Å². The fourth-order valence-electron chi connectivity index (χ4n) is 7.07. The van der Waals surface area contributed by atoms with E-state index in [2.05, 4.69) is 115 Å². The van der Waals surface area contributed by atoms with E-state index in [-0.39, 0.29) is 36.4 Å². The number of halogens is 4. The Morgan fingerprint density at radius 2 is 0.821 bits per heavy atom. The van der Waals surface area contributed by atoms with Gasteiger partial charge in [0.15, 0.2) is 13.2 Å². The third-order valence-corrected chi connectivity index (χ3v) is 13.6. The summed E-state index contributed by atoms with van der Waals surface area (Å²) in [5.74, 6) is 3.55. The molecule has 0 heterocycles. The number of hydrogen-bond acceptors (Lipinski definition) is 8. The summed E-state index contributed by atoms with van der Waals surface area (Å²) < 4.78 is 39.2. The Bertz CT molecular complexity index is 1830. The molecule has 0 radical (unpaired) electrons. The van der Waals surface area contributed by atoms with Gasteiger partial charge in [-0.2, -0.15) is 0 Å². The minimum atomic E-state index is -0.381. The highest BCUT2D eigenvalue weighted by molar-refractivity contribution is 14.1. The second kappa shape index (κ2) is 20.3. The van der Waals surface area contributed by atoms with Gasteiger partial charge in [0.25, 0.3) is 0 Å². The first-order valence-electron chi connectivity index (χ1n) is 19.1. The van der Waals surface area contributed by atoms with Gasteiger partial charge in [0.05, 0.1) is 14.3 Å². The fraction of sp³-hybridized carbons (Fsp3) is 0.409. The zero-order valence-electron chi connectivity index (χ0n) is 31.6. The van der Waals surface area contributed by atoms with E-state index < -0.39 is 0 Å². The lowest BCUT2D eigenvalue weighted by Gasteiger charge is -2.33. The van der Waals surface area contributed by atoms with E-state index in [1.54, 1.807) is 0 Å². The van der Waals surface area contributed by atoms with Crippen molar-refractivity contribution < 1.29 is 38.0 Å². The van der Waals surface area contributed by atoms with Crippen molar-refractivity contribution in [3.8, 4) is 34.5 Å². The van der Waals surface area contributed by atoms with Gasteiger partial charge in [-0.05, 0) is 228 Å². The first-order valence-corrected chi connectivity index (χ1v) is 23.4. The van der Waals surface area contributed by atoms with Gasteiger partial charge in [0, 0.05) is 0 Å². The molecule has 0 bridgehead atoms. The van der Waals surface area contributed by atoms with Crippen LogP contribution in [0.25, 0.3) is 0 Å². The third kappa shape index (κ3) is 12.7. The molecule has 0 aromatic heterocycles. The van der Waals surface area contributed by atoms with Gasteiger partial charge in [0.1, 0.15) is 45.7 Å². The van der Waals surface area contributed by atoms with E-state index in [1.807, 2.05) is 62.4 Å². The molecule has 6 rings (SSSR count). The van der Waals surface area contributed by atoms with Crippen LogP contribution in [-0.4, -0.2) is 36.4 Å². The molecular weight excluding hydrogens is 1160 g/mol. The monoisotopic (exact) mass is 1210 g/mol. The number of aryl methyl sites for hydroxylation is 2. The van der Waals surface area contributed by atoms with E-state index in [9.17, 15) is 9.59 Å². The lowest BCUT2D eigenvalue weighted by atomic mass is 9.86. The topological polar surface area (TPSA) is 89.5 Å². The van der Waals surface area contributed by atoms with Crippen LogP contribution in [0.1, 0.15) is 89.2 Å². The van der Waals surface area contributed by atoms with Crippen molar-refractivity contribution in [1.82, 2.24) is 0 Å². The van der Waals surface area contributed by atoms with Crippen LogP contribution in [0.5, 0.6) is 34.5 Å². The van der Waals surface area contributed by atoms with Crippen LogP contribution in [0, 0.1) is 14.3 Å². The van der Waals surface area contributed by atoms with Gasteiger partial charge < -0.3 is 28.4 Å². The number of ether oxygens (including phenoxy) is 6. The smallest absolute Gasteiger partial charge is 0.344 e. The standard InChI is InChI=1S/C44H46I4O8/c1-43(19-5-3-6-20-43)55-41(49)27-51-37-23-35(47)39(25-33(37)45)53-31-15-11-29(12-16-31)9-10-30-13-17-32(18-14-30)54-40-26-34(46)38(24-36(40)48)52-28-42(50)56-44(2)21-7-4-8-22-44/h11-18,23-26H,3-10,19-22,27-28H2,1-2H3. The summed E-state index contributed by atoms with van der Waals surface area (Å²) in [6.45, 7) is 3.81. The minimum absolute atomic E-state index is 0.118. The van der Waals surface area contributed by atoms with Crippen molar-refractivity contribution in [2.75, 3.05) is 13.2 Å². The van der Waals surface area contributed by atoms with Gasteiger partial charge >= 0.3 is 11.9 Å². The molecule has 0 N–H and O–H groups in total. The molecule has 2 aliphatic carbocycles. The lowest BCUT2D eigenvalue weighted by molar-refractivity contribution is -0.164. The molecule has 2 fully saturated rings. The Balaban J connectivity index is 0.949. The number of esters is 2. The maximum absolute atomic E-state index is 12.5. The molecule has 56 heavy (non-hydrogen) atoms. The van der Waals surface area contributed by atoms with E-state index >= 15 is 0 Å². The maximum atomic E-state index is 12.5. The van der Waals surface area contributed by atoms with Gasteiger partial charge in [-0.15, -0.1) is 0 Å². The molecule has 2 saturated carbocycles. The summed E-state index contributed by atoms with van der Waals surface area (Å²) in [5, 5.41) is 0. The molecule has 0 aliphatic heterocycles. The SMILES string of the molecule is CC1(OC(=O)COc2cc(I)c(Oc3ccc(CCc4ccc(Oc5cc(I)c(OCC(=O)OC6(C)CCCCC6)cc5I)cc4)cc3)cc2I)CCCCC1. The predicted molar refractivity (Wildman–Crippen MR) is 250 cm³/mol. The van der Waals surface area contributed by atoms with Crippen LogP contribution in [0.4, 0.5) is 0 Å². The second-order valence-electron chi connectivity index (χ2n) is 15.0. The quantitative estimate of drug-likeness (QED) is 0.0859. The van der Waals surface area contributed by atoms with Crippen molar-refractivity contribution in [2.24, 2.45) is 0 Å². The molecular formula is C44H46I4O8. The van der Waals surface area contributed by atoms with Crippen molar-refractivity contribution in [2.45, 2.75) is 102 Å². The molecule has 4 aromatic carbocycles. The highest BCUT2D eigenvalue weighted by Gasteiger charge is 2.32. The summed E-state index contributed by atoms with van der Waals surface area (Å²) >= 11 is 8.88. The second-order valence-corrected chi connectivity index (χ2v) is 19.6. The summed E-state index contributed by atoms with van der Waals surface area (Å²) in [7, 11) is 0. The minimum Gasteiger partial charge on any atom is -0.481 e. The number of carbonyl (C=O) groups is 2. The van der Waals surface area contributed by atoms with Crippen molar-refractivity contribution in [1.29, 1.82) is 0 Å². The van der Waals surface area contributed by atoms with E-state index in [0.29, 0.717) is 11.5 Å². The van der Waals surface area contributed by atoms with Crippen LogP contribution >= 0.6 is 90.4 Å². The number of hydrogen-bond donors (Lipinski definition) is 0. The molecule has 298 valence electrons. The molecule has 0 unspecified atom stereocenters. The highest BCUT2D eigenvalue weighted by atomic mass is 127. The molecule has 12 heteroatoms. The van der Waals surface area contributed by atoms with Gasteiger partial charge in [0.2, 0.25) is 0 Å². The first-order chi connectivity index (χ1) is 26.8. The van der Waals surface area contributed by atoms with E-state index in [0.717, 1.165) is 101 Å². The summed E-state index contributed by atoms with van der Waals surface area (Å²) in [5.41, 5.74) is 1.66. The van der Waals surface area contributed by atoms with Crippen LogP contribution in [-0.2, 0) is 31.9 Å². The Morgan fingerprint density at radius 1 is 0.500 bits per heavy atom. The van der Waals surface area contributed by atoms with Crippen molar-refractivity contribution in [3.05, 3.63) is 98.2 Å². The number of rotatable bonds is 15. The zero-order valence-corrected chi connectivity index (χ0v) is 40.2. The maximum Gasteiger partial charge on any atom is 0.344 e. The van der Waals surface area contributed by atoms with Crippen molar-refractivity contribution in [3.63, 3.8) is 0 Å². The Labute approximate surface area is 384 Å². The fourth-order valence-corrected chi connectivity index (χ4v) is 9.36. The lowest BCUT2D eigenvalue weighted by Crippen LogP contribution is -2.35. The number of benzene rings is 4. The van der Waals surface area contributed by atoms with E-state index in [1.165, 1.54) is 24.0 Å². The molecule has 0 spiro atoms. The highest BCUT2D eigenvalue weighted by Crippen LogP contribution is 2.37.